The molecule has 0 aliphatic heterocycles. The second-order valence-corrected chi connectivity index (χ2v) is 4.69. The van der Waals surface area contributed by atoms with E-state index in [4.69, 9.17) is 17.3 Å². The number of hydrogen-bond donors (Lipinski definition) is 2. The van der Waals surface area contributed by atoms with Gasteiger partial charge >= 0.3 is 0 Å². The van der Waals surface area contributed by atoms with Crippen LogP contribution < -0.4 is 11.1 Å². The molecule has 0 unspecified atom stereocenters. The number of benzene rings is 1. The molecule has 0 aliphatic rings. The minimum absolute atomic E-state index is 0.127. The van der Waals surface area contributed by atoms with Crippen LogP contribution in [0.1, 0.15) is 11.1 Å². The molecule has 3 N–H and O–H groups in total. The van der Waals surface area contributed by atoms with Gasteiger partial charge in [0.15, 0.2) is 0 Å². The summed E-state index contributed by atoms with van der Waals surface area (Å²) in [6.07, 6.45) is 3.40. The first-order valence-electron chi connectivity index (χ1n) is 5.80. The van der Waals surface area contributed by atoms with E-state index in [0.29, 0.717) is 16.4 Å². The number of anilines is 2. The summed E-state index contributed by atoms with van der Waals surface area (Å²) in [7, 11) is 0. The predicted octanol–water partition coefficient (Wildman–Crippen LogP) is 2.81. The SMILES string of the molecule is Cc1c(N)cncc1NC(=O)Cc1cccc(Cl)c1. The van der Waals surface area contributed by atoms with Crippen molar-refractivity contribution in [3.8, 4) is 0 Å². The Labute approximate surface area is 116 Å². The van der Waals surface area contributed by atoms with Crippen molar-refractivity contribution in [2.45, 2.75) is 13.3 Å². The maximum Gasteiger partial charge on any atom is 0.228 e. The highest BCUT2D eigenvalue weighted by Crippen LogP contribution is 2.19. The fourth-order valence-corrected chi connectivity index (χ4v) is 1.91. The second kappa shape index (κ2) is 5.71. The molecule has 0 saturated heterocycles. The molecule has 0 radical (unpaired) electrons. The summed E-state index contributed by atoms with van der Waals surface area (Å²) in [6, 6.07) is 7.22. The number of nitrogen functional groups attached to an aromatic ring is 1. The number of rotatable bonds is 3. The van der Waals surface area contributed by atoms with Crippen molar-refractivity contribution in [2.24, 2.45) is 0 Å². The smallest absolute Gasteiger partial charge is 0.228 e. The van der Waals surface area contributed by atoms with E-state index in [-0.39, 0.29) is 12.3 Å². The number of aromatic nitrogens is 1. The Balaban J connectivity index is 2.08. The molecule has 19 heavy (non-hydrogen) atoms. The minimum Gasteiger partial charge on any atom is -0.397 e. The normalized spacial score (nSPS) is 10.2. The van der Waals surface area contributed by atoms with Crippen molar-refractivity contribution < 1.29 is 4.79 Å². The first kappa shape index (κ1) is 13.4. The second-order valence-electron chi connectivity index (χ2n) is 4.26. The van der Waals surface area contributed by atoms with Crippen LogP contribution in [0, 0.1) is 6.92 Å². The van der Waals surface area contributed by atoms with Gasteiger partial charge in [-0.25, -0.2) is 0 Å². The molecule has 1 aromatic carbocycles. The average molecular weight is 276 g/mol. The number of amides is 1. The van der Waals surface area contributed by atoms with E-state index in [2.05, 4.69) is 10.3 Å². The third-order valence-corrected chi connectivity index (χ3v) is 3.02. The third-order valence-electron chi connectivity index (χ3n) is 2.78. The lowest BCUT2D eigenvalue weighted by Crippen LogP contribution is -2.15. The van der Waals surface area contributed by atoms with Gasteiger partial charge in [-0.15, -0.1) is 0 Å². The van der Waals surface area contributed by atoms with Gasteiger partial charge in [0, 0.05) is 5.02 Å². The first-order valence-corrected chi connectivity index (χ1v) is 6.18. The number of nitrogens with one attached hydrogen (secondary N) is 1. The largest absolute Gasteiger partial charge is 0.397 e. The molecular weight excluding hydrogens is 262 g/mol. The molecule has 1 heterocycles. The Kier molecular flexibility index (Phi) is 4.02. The third kappa shape index (κ3) is 3.45. The van der Waals surface area contributed by atoms with Gasteiger partial charge in [0.1, 0.15) is 0 Å². The van der Waals surface area contributed by atoms with Crippen molar-refractivity contribution in [1.82, 2.24) is 4.98 Å². The summed E-state index contributed by atoms with van der Waals surface area (Å²) >= 11 is 5.88. The quantitative estimate of drug-likeness (QED) is 0.905. The van der Waals surface area contributed by atoms with Gasteiger partial charge in [-0.3, -0.25) is 9.78 Å². The van der Waals surface area contributed by atoms with Crippen molar-refractivity contribution in [3.63, 3.8) is 0 Å². The molecule has 98 valence electrons. The highest BCUT2D eigenvalue weighted by atomic mass is 35.5. The maximum absolute atomic E-state index is 11.9. The summed E-state index contributed by atoms with van der Waals surface area (Å²) < 4.78 is 0. The van der Waals surface area contributed by atoms with Crippen LogP contribution in [0.4, 0.5) is 11.4 Å². The summed E-state index contributed by atoms with van der Waals surface area (Å²) in [4.78, 5) is 15.9. The molecule has 0 fully saturated rings. The van der Waals surface area contributed by atoms with Crippen molar-refractivity contribution >= 4 is 28.9 Å². The number of halogens is 1. The van der Waals surface area contributed by atoms with Crippen LogP contribution in [-0.4, -0.2) is 10.9 Å². The van der Waals surface area contributed by atoms with E-state index < -0.39 is 0 Å². The predicted molar refractivity (Wildman–Crippen MR) is 77.2 cm³/mol. The summed E-state index contributed by atoms with van der Waals surface area (Å²) in [5.74, 6) is -0.127. The number of nitrogens with zero attached hydrogens (tertiary/aromatic N) is 1. The van der Waals surface area contributed by atoms with E-state index >= 15 is 0 Å². The highest BCUT2D eigenvalue weighted by Gasteiger charge is 2.08. The lowest BCUT2D eigenvalue weighted by atomic mass is 10.1. The Morgan fingerprint density at radius 1 is 1.42 bits per heavy atom. The van der Waals surface area contributed by atoms with E-state index in [9.17, 15) is 4.79 Å². The van der Waals surface area contributed by atoms with Crippen LogP contribution >= 0.6 is 11.6 Å². The van der Waals surface area contributed by atoms with Gasteiger partial charge in [0.05, 0.1) is 30.2 Å². The number of hydrogen-bond acceptors (Lipinski definition) is 3. The van der Waals surface area contributed by atoms with Crippen LogP contribution in [0.3, 0.4) is 0 Å². The van der Waals surface area contributed by atoms with Crippen LogP contribution in [-0.2, 0) is 11.2 Å². The average Bonchev–Trinajstić information content (AvgIpc) is 2.35. The molecule has 2 aromatic rings. The van der Waals surface area contributed by atoms with Crippen LogP contribution in [0.15, 0.2) is 36.7 Å². The molecule has 0 spiro atoms. The van der Waals surface area contributed by atoms with Crippen molar-refractivity contribution in [3.05, 3.63) is 52.8 Å². The molecule has 2 rings (SSSR count). The molecule has 0 aliphatic carbocycles. The minimum atomic E-state index is -0.127. The van der Waals surface area contributed by atoms with E-state index in [1.54, 1.807) is 24.5 Å². The lowest BCUT2D eigenvalue weighted by molar-refractivity contribution is -0.115. The van der Waals surface area contributed by atoms with Gasteiger partial charge in [-0.2, -0.15) is 0 Å². The number of carbonyl (C=O) groups excluding carboxylic acids is 1. The summed E-state index contributed by atoms with van der Waals surface area (Å²) in [5.41, 5.74) is 8.60. The zero-order valence-electron chi connectivity index (χ0n) is 10.5. The topological polar surface area (TPSA) is 68.0 Å². The Morgan fingerprint density at radius 2 is 2.21 bits per heavy atom. The zero-order chi connectivity index (χ0) is 13.8. The van der Waals surface area contributed by atoms with Gasteiger partial charge in [0.25, 0.3) is 0 Å². The maximum atomic E-state index is 11.9. The standard InChI is InChI=1S/C14H14ClN3O/c1-9-12(16)7-17-8-13(9)18-14(19)6-10-3-2-4-11(15)5-10/h2-5,7-8H,6,16H2,1H3,(H,18,19). The van der Waals surface area contributed by atoms with Gasteiger partial charge < -0.3 is 11.1 Å². The molecule has 0 atom stereocenters. The zero-order valence-corrected chi connectivity index (χ0v) is 11.2. The molecule has 0 saturated carbocycles. The van der Waals surface area contributed by atoms with E-state index in [1.165, 1.54) is 0 Å². The molecule has 1 amide bonds. The Bertz CT molecular complexity index is 613. The molecule has 1 aromatic heterocycles. The van der Waals surface area contributed by atoms with E-state index in [0.717, 1.165) is 11.1 Å². The molecule has 0 bridgehead atoms. The Morgan fingerprint density at radius 3 is 2.95 bits per heavy atom. The molecule has 4 nitrogen and oxygen atoms in total. The van der Waals surface area contributed by atoms with E-state index in [1.807, 2.05) is 19.1 Å². The highest BCUT2D eigenvalue weighted by molar-refractivity contribution is 6.30. The number of nitrogens with two attached hydrogens (primary N) is 1. The van der Waals surface area contributed by atoms with Gasteiger partial charge in [-0.05, 0) is 30.2 Å². The number of pyridine rings is 1. The summed E-state index contributed by atoms with van der Waals surface area (Å²) in [6.45, 7) is 1.84. The summed E-state index contributed by atoms with van der Waals surface area (Å²) in [5, 5.41) is 3.41. The number of carbonyl (C=O) groups is 1. The molecular formula is C14H14ClN3O. The monoisotopic (exact) mass is 275 g/mol. The van der Waals surface area contributed by atoms with Crippen LogP contribution in [0.2, 0.25) is 5.02 Å². The van der Waals surface area contributed by atoms with Gasteiger partial charge in [-0.1, -0.05) is 23.7 Å². The fourth-order valence-electron chi connectivity index (χ4n) is 1.69. The molecule has 5 heteroatoms. The van der Waals surface area contributed by atoms with Crippen molar-refractivity contribution in [2.75, 3.05) is 11.1 Å². The van der Waals surface area contributed by atoms with Crippen LogP contribution in [0.5, 0.6) is 0 Å². The first-order chi connectivity index (χ1) is 9.06. The fraction of sp³-hybridized carbons (Fsp3) is 0.143. The Hall–Kier alpha value is -2.07. The van der Waals surface area contributed by atoms with Crippen molar-refractivity contribution in [1.29, 1.82) is 0 Å². The lowest BCUT2D eigenvalue weighted by Gasteiger charge is -2.09. The van der Waals surface area contributed by atoms with Crippen LogP contribution in [0.25, 0.3) is 0 Å². The van der Waals surface area contributed by atoms with Gasteiger partial charge in [0.2, 0.25) is 5.91 Å².